The average molecular weight is 519 g/mol. The van der Waals surface area contributed by atoms with Gasteiger partial charge in [-0.05, 0) is 29.7 Å². The fourth-order valence-corrected chi connectivity index (χ4v) is 6.43. The van der Waals surface area contributed by atoms with Gasteiger partial charge in [0.1, 0.15) is 5.75 Å². The van der Waals surface area contributed by atoms with E-state index in [1.807, 2.05) is 30.3 Å². The Bertz CT molecular complexity index is 1150. The maximum Gasteiger partial charge on any atom is 0.304 e. The maximum atomic E-state index is 13.6. The van der Waals surface area contributed by atoms with Gasteiger partial charge in [0.25, 0.3) is 0 Å². The first-order valence-corrected chi connectivity index (χ1v) is 13.7. The second-order valence-corrected chi connectivity index (χ2v) is 11.1. The van der Waals surface area contributed by atoms with Crippen molar-refractivity contribution in [1.82, 2.24) is 10.6 Å². The molecule has 1 aliphatic rings. The van der Waals surface area contributed by atoms with E-state index in [1.54, 1.807) is 12.1 Å². The molecule has 2 aromatic rings. The Kier molecular flexibility index (Phi) is 9.47. The number of aliphatic carboxylic acids is 2. The molecule has 1 aliphatic heterocycles. The maximum absolute atomic E-state index is 13.6. The molecule has 2 aromatic carbocycles. The SMILES string of the molecule is CCCCC1CS(=O)(=O)c2cc(CNC(CC(=O)O)CC(=O)O)c(OC)cc2[C@@H](c2ccccc2)N1. The van der Waals surface area contributed by atoms with Gasteiger partial charge in [0.15, 0.2) is 9.84 Å². The molecule has 196 valence electrons. The molecule has 0 saturated heterocycles. The van der Waals surface area contributed by atoms with Gasteiger partial charge < -0.3 is 25.6 Å². The number of rotatable bonds is 12. The normalized spacial score (nSPS) is 18.9. The number of methoxy groups -OCH3 is 1. The molecule has 0 spiro atoms. The summed E-state index contributed by atoms with van der Waals surface area (Å²) in [4.78, 5) is 22.5. The van der Waals surface area contributed by atoms with Gasteiger partial charge in [-0.15, -0.1) is 0 Å². The lowest BCUT2D eigenvalue weighted by Gasteiger charge is -2.24. The van der Waals surface area contributed by atoms with E-state index in [0.29, 0.717) is 16.9 Å². The van der Waals surface area contributed by atoms with Crippen LogP contribution in [0.5, 0.6) is 5.75 Å². The minimum Gasteiger partial charge on any atom is -0.496 e. The highest BCUT2D eigenvalue weighted by Gasteiger charge is 2.34. The number of sulfone groups is 1. The largest absolute Gasteiger partial charge is 0.496 e. The first kappa shape index (κ1) is 27.6. The lowest BCUT2D eigenvalue weighted by Crippen LogP contribution is -2.35. The molecule has 1 heterocycles. The van der Waals surface area contributed by atoms with Gasteiger partial charge in [-0.3, -0.25) is 9.59 Å². The van der Waals surface area contributed by atoms with E-state index < -0.39 is 27.8 Å². The minimum absolute atomic E-state index is 0.0385. The molecule has 4 N–H and O–H groups in total. The predicted octanol–water partition coefficient (Wildman–Crippen LogP) is 3.13. The Hall–Kier alpha value is -2.95. The second kappa shape index (κ2) is 12.3. The number of carboxylic acid groups (broad SMARTS) is 2. The van der Waals surface area contributed by atoms with Crippen LogP contribution in [0.2, 0.25) is 0 Å². The van der Waals surface area contributed by atoms with E-state index in [-0.39, 0.29) is 42.1 Å². The standard InChI is InChI=1S/C26H34N2O7S/c1-3-4-10-19-16-36(33,34)23-11-18(15-27-20(12-24(29)30)13-25(31)32)22(35-2)14-21(23)26(28-19)17-8-6-5-7-9-17/h5-9,11,14,19-20,26-28H,3-4,10,12-13,15-16H2,1-2H3,(H,29,30)(H,31,32)/t19?,26-/m1/s1. The van der Waals surface area contributed by atoms with Gasteiger partial charge in [0, 0.05) is 24.2 Å². The summed E-state index contributed by atoms with van der Waals surface area (Å²) in [6.07, 6.45) is 1.83. The summed E-state index contributed by atoms with van der Waals surface area (Å²) in [5.41, 5.74) is 2.04. The summed E-state index contributed by atoms with van der Waals surface area (Å²) in [6.45, 7) is 2.13. The fourth-order valence-electron chi connectivity index (χ4n) is 4.60. The summed E-state index contributed by atoms with van der Waals surface area (Å²) in [6, 6.07) is 11.5. The van der Waals surface area contributed by atoms with Gasteiger partial charge in [0.2, 0.25) is 0 Å². The molecule has 1 unspecified atom stereocenters. The second-order valence-electron chi connectivity index (χ2n) is 9.11. The zero-order valence-electron chi connectivity index (χ0n) is 20.6. The number of carboxylic acids is 2. The molecule has 0 radical (unpaired) electrons. The van der Waals surface area contributed by atoms with E-state index in [2.05, 4.69) is 17.6 Å². The van der Waals surface area contributed by atoms with E-state index in [9.17, 15) is 18.0 Å². The summed E-state index contributed by atoms with van der Waals surface area (Å²) >= 11 is 0. The summed E-state index contributed by atoms with van der Waals surface area (Å²) in [5, 5.41) is 24.8. The number of hydrogen-bond donors (Lipinski definition) is 4. The Balaban J connectivity index is 2.04. The Labute approximate surface area is 211 Å². The van der Waals surface area contributed by atoms with E-state index in [0.717, 1.165) is 24.8 Å². The first-order valence-electron chi connectivity index (χ1n) is 12.1. The molecular formula is C26H34N2O7S. The lowest BCUT2D eigenvalue weighted by atomic mass is 9.95. The number of nitrogens with one attached hydrogen (secondary N) is 2. The van der Waals surface area contributed by atoms with Crippen LogP contribution in [0.3, 0.4) is 0 Å². The van der Waals surface area contributed by atoms with Crippen molar-refractivity contribution in [1.29, 1.82) is 0 Å². The van der Waals surface area contributed by atoms with Crippen LogP contribution in [0.15, 0.2) is 47.4 Å². The van der Waals surface area contributed by atoms with Crippen molar-refractivity contribution in [3.63, 3.8) is 0 Å². The number of fused-ring (bicyclic) bond motifs is 1. The first-order chi connectivity index (χ1) is 17.1. The van der Waals surface area contributed by atoms with Crippen LogP contribution in [0.1, 0.15) is 61.8 Å². The number of carbonyl (C=O) groups is 2. The Morgan fingerprint density at radius 3 is 2.39 bits per heavy atom. The van der Waals surface area contributed by atoms with Crippen LogP contribution in [-0.4, -0.2) is 55.5 Å². The van der Waals surface area contributed by atoms with Crippen LogP contribution in [0.25, 0.3) is 0 Å². The monoisotopic (exact) mass is 518 g/mol. The van der Waals surface area contributed by atoms with Crippen LogP contribution in [0.4, 0.5) is 0 Å². The molecule has 0 amide bonds. The van der Waals surface area contributed by atoms with Gasteiger partial charge in [-0.1, -0.05) is 50.1 Å². The smallest absolute Gasteiger partial charge is 0.304 e. The number of ether oxygens (including phenoxy) is 1. The fraction of sp³-hybridized carbons (Fsp3) is 0.462. The van der Waals surface area contributed by atoms with E-state index in [4.69, 9.17) is 14.9 Å². The average Bonchev–Trinajstić information content (AvgIpc) is 2.93. The van der Waals surface area contributed by atoms with Crippen LogP contribution < -0.4 is 15.4 Å². The number of hydrogen-bond acceptors (Lipinski definition) is 7. The zero-order valence-corrected chi connectivity index (χ0v) is 21.4. The van der Waals surface area contributed by atoms with Crippen LogP contribution in [0, 0.1) is 0 Å². The molecule has 36 heavy (non-hydrogen) atoms. The molecule has 0 bridgehead atoms. The minimum atomic E-state index is -3.66. The van der Waals surface area contributed by atoms with E-state index in [1.165, 1.54) is 7.11 Å². The van der Waals surface area contributed by atoms with Gasteiger partial charge in [0.05, 0.1) is 36.6 Å². The van der Waals surface area contributed by atoms with Crippen molar-refractivity contribution < 1.29 is 33.0 Å². The number of benzene rings is 2. The molecule has 3 rings (SSSR count). The third-order valence-corrected chi connectivity index (χ3v) is 8.21. The molecule has 0 aliphatic carbocycles. The quantitative estimate of drug-likeness (QED) is 0.333. The lowest BCUT2D eigenvalue weighted by molar-refractivity contribution is -0.139. The molecule has 0 fully saturated rings. The highest BCUT2D eigenvalue weighted by atomic mass is 32.2. The van der Waals surface area contributed by atoms with Crippen molar-refractivity contribution in [3.05, 3.63) is 59.2 Å². The summed E-state index contributed by atoms with van der Waals surface area (Å²) < 4.78 is 32.7. The predicted molar refractivity (Wildman–Crippen MR) is 135 cm³/mol. The summed E-state index contributed by atoms with van der Waals surface area (Å²) in [5.74, 6) is -1.85. The van der Waals surface area contributed by atoms with Gasteiger partial charge in [-0.25, -0.2) is 8.42 Å². The molecule has 2 atom stereocenters. The zero-order chi connectivity index (χ0) is 26.3. The van der Waals surface area contributed by atoms with Crippen molar-refractivity contribution in [2.24, 2.45) is 0 Å². The summed E-state index contributed by atoms with van der Waals surface area (Å²) in [7, 11) is -2.17. The van der Waals surface area contributed by atoms with Gasteiger partial charge >= 0.3 is 11.9 Å². The van der Waals surface area contributed by atoms with Crippen molar-refractivity contribution in [2.45, 2.75) is 68.6 Å². The third-order valence-electron chi connectivity index (χ3n) is 6.34. The number of unbranched alkanes of at least 4 members (excludes halogenated alkanes) is 1. The van der Waals surface area contributed by atoms with Crippen molar-refractivity contribution >= 4 is 21.8 Å². The third kappa shape index (κ3) is 7.05. The van der Waals surface area contributed by atoms with Crippen LogP contribution in [-0.2, 0) is 26.0 Å². The van der Waals surface area contributed by atoms with Gasteiger partial charge in [-0.2, -0.15) is 0 Å². The highest BCUT2D eigenvalue weighted by molar-refractivity contribution is 7.91. The molecule has 0 aromatic heterocycles. The van der Waals surface area contributed by atoms with E-state index >= 15 is 0 Å². The molecule has 10 heteroatoms. The van der Waals surface area contributed by atoms with Crippen LogP contribution >= 0.6 is 0 Å². The Morgan fingerprint density at radius 1 is 1.14 bits per heavy atom. The topological polar surface area (TPSA) is 142 Å². The molecule has 9 nitrogen and oxygen atoms in total. The Morgan fingerprint density at radius 2 is 1.81 bits per heavy atom. The van der Waals surface area contributed by atoms with Crippen molar-refractivity contribution in [2.75, 3.05) is 12.9 Å². The molecular weight excluding hydrogens is 484 g/mol. The molecule has 0 saturated carbocycles. The van der Waals surface area contributed by atoms with Crippen molar-refractivity contribution in [3.8, 4) is 5.75 Å². The highest BCUT2D eigenvalue weighted by Crippen LogP contribution is 2.37.